The molecule has 0 N–H and O–H groups in total. The van der Waals surface area contributed by atoms with E-state index >= 15 is 0 Å². The van der Waals surface area contributed by atoms with E-state index in [1.807, 2.05) is 35.0 Å². The lowest BCUT2D eigenvalue weighted by Gasteiger charge is -2.06. The summed E-state index contributed by atoms with van der Waals surface area (Å²) in [6.07, 6.45) is 4.54. The minimum absolute atomic E-state index is 0.0687. The van der Waals surface area contributed by atoms with Crippen LogP contribution in [-0.2, 0) is 6.54 Å². The predicted octanol–water partition coefficient (Wildman–Crippen LogP) is 4.03. The van der Waals surface area contributed by atoms with Gasteiger partial charge in [-0.2, -0.15) is 0 Å². The fourth-order valence-electron chi connectivity index (χ4n) is 1.75. The third-order valence-corrected chi connectivity index (χ3v) is 4.65. The van der Waals surface area contributed by atoms with E-state index in [9.17, 15) is 4.79 Å². The molecule has 0 bridgehead atoms. The summed E-state index contributed by atoms with van der Waals surface area (Å²) < 4.78 is 2.94. The fourth-order valence-corrected chi connectivity index (χ4v) is 3.18. The van der Waals surface area contributed by atoms with Crippen molar-refractivity contribution in [3.05, 3.63) is 47.0 Å². The molecular weight excluding hydrogens is 324 g/mol. The van der Waals surface area contributed by atoms with E-state index in [1.165, 1.54) is 11.8 Å². The molecule has 0 aliphatic rings. The summed E-state index contributed by atoms with van der Waals surface area (Å²) >= 11 is 5.01. The first-order chi connectivity index (χ1) is 9.22. The molecule has 0 saturated carbocycles. The summed E-state index contributed by atoms with van der Waals surface area (Å²) in [5.41, 5.74) is 0. The number of hydrogen-bond donors (Lipinski definition) is 0. The molecule has 0 unspecified atom stereocenters. The summed E-state index contributed by atoms with van der Waals surface area (Å²) in [5, 5.41) is 0. The van der Waals surface area contributed by atoms with Crippen LogP contribution in [0.3, 0.4) is 0 Å². The minimum Gasteiger partial charge on any atom is -0.329 e. The smallest absolute Gasteiger partial charge is 0.208 e. The number of hydrogen-bond acceptors (Lipinski definition) is 3. The molecule has 0 radical (unpaired) electrons. The van der Waals surface area contributed by atoms with Gasteiger partial charge in [-0.25, -0.2) is 4.98 Å². The van der Waals surface area contributed by atoms with Crippen molar-refractivity contribution in [3.8, 4) is 0 Å². The van der Waals surface area contributed by atoms with Crippen molar-refractivity contribution in [1.82, 2.24) is 9.55 Å². The predicted molar refractivity (Wildman–Crippen MR) is 81.7 cm³/mol. The van der Waals surface area contributed by atoms with E-state index in [-0.39, 0.29) is 5.78 Å². The lowest BCUT2D eigenvalue weighted by Crippen LogP contribution is -2.12. The third kappa shape index (κ3) is 3.70. The zero-order valence-electron chi connectivity index (χ0n) is 10.7. The molecule has 1 heterocycles. The highest BCUT2D eigenvalue weighted by Crippen LogP contribution is 2.27. The highest BCUT2D eigenvalue weighted by molar-refractivity contribution is 9.10. The molecule has 0 spiro atoms. The van der Waals surface area contributed by atoms with Crippen LogP contribution in [0.15, 0.2) is 46.0 Å². The van der Waals surface area contributed by atoms with Crippen LogP contribution in [0.25, 0.3) is 0 Å². The molecule has 0 fully saturated rings. The van der Waals surface area contributed by atoms with Gasteiger partial charge in [0, 0.05) is 28.3 Å². The van der Waals surface area contributed by atoms with E-state index in [0.29, 0.717) is 11.6 Å². The van der Waals surface area contributed by atoms with Gasteiger partial charge < -0.3 is 4.57 Å². The second-order valence-electron chi connectivity index (χ2n) is 4.09. The van der Waals surface area contributed by atoms with Gasteiger partial charge in [-0.05, 0) is 34.5 Å². The maximum absolute atomic E-state index is 12.2. The molecule has 3 nitrogen and oxygen atoms in total. The van der Waals surface area contributed by atoms with Gasteiger partial charge in [0.2, 0.25) is 5.78 Å². The first kappa shape index (κ1) is 14.3. The molecule has 2 rings (SSSR count). The van der Waals surface area contributed by atoms with E-state index in [2.05, 4.69) is 27.8 Å². The van der Waals surface area contributed by atoms with Gasteiger partial charge in [-0.3, -0.25) is 4.79 Å². The van der Waals surface area contributed by atoms with Crippen LogP contribution in [0.4, 0.5) is 0 Å². The van der Waals surface area contributed by atoms with Crippen LogP contribution in [0.1, 0.15) is 24.0 Å². The second kappa shape index (κ2) is 6.91. The van der Waals surface area contributed by atoms with E-state index in [4.69, 9.17) is 0 Å². The fraction of sp³-hybridized carbons (Fsp3) is 0.286. The number of rotatable bonds is 6. The number of thioether (sulfide) groups is 1. The average molecular weight is 339 g/mol. The highest BCUT2D eigenvalue weighted by Gasteiger charge is 2.13. The van der Waals surface area contributed by atoms with Crippen LogP contribution in [0.5, 0.6) is 0 Å². The molecule has 0 saturated heterocycles. The van der Waals surface area contributed by atoms with Crippen LogP contribution >= 0.6 is 27.7 Å². The summed E-state index contributed by atoms with van der Waals surface area (Å²) in [7, 11) is 0. The molecule has 0 atom stereocenters. The van der Waals surface area contributed by atoms with Crippen LogP contribution in [-0.4, -0.2) is 21.1 Å². The highest BCUT2D eigenvalue weighted by atomic mass is 79.9. The van der Waals surface area contributed by atoms with Gasteiger partial charge in [0.1, 0.15) is 0 Å². The number of carbonyl (C=O) groups is 1. The van der Waals surface area contributed by atoms with Gasteiger partial charge >= 0.3 is 0 Å². The molecule has 19 heavy (non-hydrogen) atoms. The normalized spacial score (nSPS) is 10.6. The van der Waals surface area contributed by atoms with Crippen molar-refractivity contribution < 1.29 is 4.79 Å². The largest absolute Gasteiger partial charge is 0.329 e. The van der Waals surface area contributed by atoms with Crippen LogP contribution in [0.2, 0.25) is 0 Å². The third-order valence-electron chi connectivity index (χ3n) is 2.62. The summed E-state index contributed by atoms with van der Waals surface area (Å²) in [4.78, 5) is 17.4. The van der Waals surface area contributed by atoms with Crippen LogP contribution in [0, 0.1) is 0 Å². The van der Waals surface area contributed by atoms with Crippen molar-refractivity contribution in [3.63, 3.8) is 0 Å². The maximum atomic E-state index is 12.2. The van der Waals surface area contributed by atoms with E-state index < -0.39 is 0 Å². The van der Waals surface area contributed by atoms with Crippen molar-refractivity contribution in [2.45, 2.75) is 24.8 Å². The van der Waals surface area contributed by atoms with E-state index in [0.717, 1.165) is 22.3 Å². The number of aryl methyl sites for hydroxylation is 1. The second-order valence-corrected chi connectivity index (χ2v) is 5.96. The number of halogens is 1. The van der Waals surface area contributed by atoms with Gasteiger partial charge in [-0.1, -0.05) is 19.1 Å². The molecule has 0 amide bonds. The quantitative estimate of drug-likeness (QED) is 0.589. The Kier molecular flexibility index (Phi) is 5.22. The first-order valence-corrected chi connectivity index (χ1v) is 7.92. The van der Waals surface area contributed by atoms with Crippen molar-refractivity contribution >= 4 is 33.5 Å². The lowest BCUT2D eigenvalue weighted by molar-refractivity contribution is 0.100. The molecule has 0 aliphatic heterocycles. The first-order valence-electron chi connectivity index (χ1n) is 6.14. The number of benzene rings is 1. The monoisotopic (exact) mass is 338 g/mol. The molecule has 1 aromatic heterocycles. The number of carbonyl (C=O) groups excluding carboxylic acids is 1. The van der Waals surface area contributed by atoms with Crippen molar-refractivity contribution in [2.75, 3.05) is 5.75 Å². The zero-order valence-corrected chi connectivity index (χ0v) is 13.1. The zero-order chi connectivity index (χ0) is 13.7. The molecule has 5 heteroatoms. The maximum Gasteiger partial charge on any atom is 0.208 e. The van der Waals surface area contributed by atoms with Crippen LogP contribution < -0.4 is 0 Å². The standard InChI is InChI=1S/C14H15BrN2OS/c1-2-8-17-9-7-16-14(17)12(18)10-19-13-6-4-3-5-11(13)15/h3-7,9H,2,8,10H2,1H3. The Bertz CT molecular complexity index is 568. The SMILES string of the molecule is CCCn1ccnc1C(=O)CSc1ccccc1Br. The number of ketones is 1. The van der Waals surface area contributed by atoms with Crippen molar-refractivity contribution in [1.29, 1.82) is 0 Å². The Morgan fingerprint density at radius 1 is 1.42 bits per heavy atom. The summed E-state index contributed by atoms with van der Waals surface area (Å²) in [5.74, 6) is 1.03. The van der Waals surface area contributed by atoms with Gasteiger partial charge in [0.25, 0.3) is 0 Å². The minimum atomic E-state index is 0.0687. The summed E-state index contributed by atoms with van der Waals surface area (Å²) in [6.45, 7) is 2.92. The molecule has 2 aromatic rings. The Morgan fingerprint density at radius 3 is 2.95 bits per heavy atom. The Labute approximate surface area is 125 Å². The molecule has 0 aliphatic carbocycles. The molecule has 1 aromatic carbocycles. The van der Waals surface area contributed by atoms with Gasteiger partial charge in [-0.15, -0.1) is 11.8 Å². The molecular formula is C14H15BrN2OS. The average Bonchev–Trinajstić information content (AvgIpc) is 2.86. The lowest BCUT2D eigenvalue weighted by atomic mass is 10.4. The van der Waals surface area contributed by atoms with E-state index in [1.54, 1.807) is 6.20 Å². The Hall–Kier alpha value is -1.07. The number of aromatic nitrogens is 2. The Morgan fingerprint density at radius 2 is 2.21 bits per heavy atom. The molecule has 100 valence electrons. The van der Waals surface area contributed by atoms with Crippen molar-refractivity contribution in [2.24, 2.45) is 0 Å². The number of Topliss-reactive ketones (excluding diaryl/α,β-unsaturated/α-hetero) is 1. The number of imidazole rings is 1. The Balaban J connectivity index is 2.02. The summed E-state index contributed by atoms with van der Waals surface area (Å²) in [6, 6.07) is 7.91. The number of nitrogens with zero attached hydrogens (tertiary/aromatic N) is 2. The van der Waals surface area contributed by atoms with Gasteiger partial charge in [0.15, 0.2) is 5.82 Å². The topological polar surface area (TPSA) is 34.9 Å². The van der Waals surface area contributed by atoms with Gasteiger partial charge in [0.05, 0.1) is 5.75 Å².